The Balaban J connectivity index is 2.82. The molecule has 0 bridgehead atoms. The minimum atomic E-state index is -4.31. The van der Waals surface area contributed by atoms with Crippen molar-refractivity contribution in [2.45, 2.75) is 25.6 Å². The monoisotopic (exact) mass is 313 g/mol. The molecule has 0 amide bonds. The van der Waals surface area contributed by atoms with Crippen molar-refractivity contribution in [3.63, 3.8) is 0 Å². The van der Waals surface area contributed by atoms with Gasteiger partial charge in [0.1, 0.15) is 11.9 Å². The van der Waals surface area contributed by atoms with Crippen LogP contribution in [0.5, 0.6) is 0 Å². The summed E-state index contributed by atoms with van der Waals surface area (Å²) in [6.45, 7) is 1.84. The quantitative estimate of drug-likeness (QED) is 0.836. The summed E-state index contributed by atoms with van der Waals surface area (Å²) >= 11 is 2.95. The highest BCUT2D eigenvalue weighted by atomic mass is 79.9. The van der Waals surface area contributed by atoms with Crippen molar-refractivity contribution < 1.29 is 17.6 Å². The average Bonchev–Trinajstić information content (AvgIpc) is 2.21. The lowest BCUT2D eigenvalue weighted by Gasteiger charge is -2.21. The second kappa shape index (κ2) is 5.82. The van der Waals surface area contributed by atoms with Crippen LogP contribution >= 0.6 is 15.9 Å². The van der Waals surface area contributed by atoms with Gasteiger partial charge in [-0.25, -0.2) is 4.39 Å². The molecule has 0 aliphatic rings. The second-order valence-electron chi connectivity index (χ2n) is 3.60. The molecule has 0 spiro atoms. The number of alkyl halides is 3. The lowest BCUT2D eigenvalue weighted by atomic mass is 10.1. The summed E-state index contributed by atoms with van der Waals surface area (Å²) < 4.78 is 51.0. The predicted molar refractivity (Wildman–Crippen MR) is 61.3 cm³/mol. The molecule has 0 aromatic heterocycles. The summed E-state index contributed by atoms with van der Waals surface area (Å²) in [5.41, 5.74) is 0.432. The summed E-state index contributed by atoms with van der Waals surface area (Å²) in [5, 5.41) is 2.37. The van der Waals surface area contributed by atoms with Crippen molar-refractivity contribution in [2.24, 2.45) is 0 Å². The van der Waals surface area contributed by atoms with Crippen LogP contribution in [0.4, 0.5) is 17.6 Å². The van der Waals surface area contributed by atoms with Crippen molar-refractivity contribution in [3.8, 4) is 0 Å². The van der Waals surface area contributed by atoms with E-state index >= 15 is 0 Å². The molecule has 0 aliphatic heterocycles. The number of hydrogen-bond acceptors (Lipinski definition) is 1. The maximum Gasteiger partial charge on any atom is 0.404 e. The zero-order valence-corrected chi connectivity index (χ0v) is 10.7. The molecular formula is C11H12BrF4N. The van der Waals surface area contributed by atoms with E-state index in [4.69, 9.17) is 0 Å². The Bertz CT molecular complexity index is 378. The van der Waals surface area contributed by atoms with E-state index in [1.54, 1.807) is 6.92 Å². The Labute approximate surface area is 105 Å². The summed E-state index contributed by atoms with van der Waals surface area (Å²) in [6.07, 6.45) is -4.52. The number of hydrogen-bond donors (Lipinski definition) is 1. The van der Waals surface area contributed by atoms with Crippen LogP contribution in [0.2, 0.25) is 0 Å². The minimum absolute atomic E-state index is 0.174. The first kappa shape index (κ1) is 14.4. The molecule has 0 saturated heterocycles. The topological polar surface area (TPSA) is 12.0 Å². The number of rotatable bonds is 4. The normalized spacial score (nSPS) is 13.8. The summed E-state index contributed by atoms with van der Waals surface area (Å²) in [7, 11) is 0. The fraction of sp³-hybridized carbons (Fsp3) is 0.455. The van der Waals surface area contributed by atoms with Gasteiger partial charge in [-0.15, -0.1) is 0 Å². The second-order valence-corrected chi connectivity index (χ2v) is 4.46. The third kappa shape index (κ3) is 4.27. The van der Waals surface area contributed by atoms with Gasteiger partial charge in [0.2, 0.25) is 0 Å². The van der Waals surface area contributed by atoms with Crippen LogP contribution in [0.15, 0.2) is 22.7 Å². The van der Waals surface area contributed by atoms with Crippen LogP contribution in [0, 0.1) is 5.82 Å². The Morgan fingerprint density at radius 1 is 1.35 bits per heavy atom. The van der Waals surface area contributed by atoms with Crippen molar-refractivity contribution in [2.75, 3.05) is 6.54 Å². The van der Waals surface area contributed by atoms with Gasteiger partial charge in [-0.2, -0.15) is 13.2 Å². The molecule has 1 rings (SSSR count). The molecule has 1 aromatic carbocycles. The first-order valence-corrected chi connectivity index (χ1v) is 5.88. The van der Waals surface area contributed by atoms with Crippen molar-refractivity contribution in [1.29, 1.82) is 0 Å². The van der Waals surface area contributed by atoms with E-state index in [1.165, 1.54) is 12.1 Å². The van der Waals surface area contributed by atoms with Crippen LogP contribution in [-0.2, 0) is 6.42 Å². The molecule has 1 unspecified atom stereocenters. The Morgan fingerprint density at radius 2 is 2.00 bits per heavy atom. The van der Waals surface area contributed by atoms with Crippen LogP contribution in [-0.4, -0.2) is 18.8 Å². The third-order valence-electron chi connectivity index (χ3n) is 2.27. The molecular weight excluding hydrogens is 302 g/mol. The van der Waals surface area contributed by atoms with Crippen molar-refractivity contribution in [1.82, 2.24) is 5.32 Å². The lowest BCUT2D eigenvalue weighted by molar-refractivity contribution is -0.155. The third-order valence-corrected chi connectivity index (χ3v) is 2.88. The zero-order chi connectivity index (χ0) is 13.1. The van der Waals surface area contributed by atoms with Crippen LogP contribution in [0.25, 0.3) is 0 Å². The molecule has 0 aliphatic carbocycles. The molecule has 17 heavy (non-hydrogen) atoms. The Hall–Kier alpha value is -0.620. The molecule has 6 heteroatoms. The highest BCUT2D eigenvalue weighted by Crippen LogP contribution is 2.25. The number of nitrogens with one attached hydrogen (secondary N) is 1. The van der Waals surface area contributed by atoms with Gasteiger partial charge in [0.15, 0.2) is 0 Å². The first-order valence-electron chi connectivity index (χ1n) is 5.08. The standard InChI is InChI=1S/C11H12BrF4N/c1-2-17-10(11(14,15)16)6-7-3-4-9(13)8(12)5-7/h3-5,10,17H,2,6H2,1H3. The summed E-state index contributed by atoms with van der Waals surface area (Å²) in [5.74, 6) is -0.485. The Kier molecular flexibility index (Phi) is 4.94. The van der Waals surface area contributed by atoms with E-state index < -0.39 is 18.0 Å². The molecule has 1 N–H and O–H groups in total. The first-order chi connectivity index (χ1) is 7.84. The molecule has 0 fully saturated rings. The largest absolute Gasteiger partial charge is 0.404 e. The molecule has 1 aromatic rings. The van der Waals surface area contributed by atoms with E-state index in [1.807, 2.05) is 0 Å². The van der Waals surface area contributed by atoms with Crippen LogP contribution < -0.4 is 5.32 Å². The number of halogens is 5. The van der Waals surface area contributed by atoms with Gasteiger partial charge in [-0.1, -0.05) is 13.0 Å². The van der Waals surface area contributed by atoms with Crippen LogP contribution in [0.3, 0.4) is 0 Å². The van der Waals surface area contributed by atoms with E-state index in [0.29, 0.717) is 5.56 Å². The fourth-order valence-electron chi connectivity index (χ4n) is 1.45. The van der Waals surface area contributed by atoms with E-state index in [-0.39, 0.29) is 17.4 Å². The molecule has 1 nitrogen and oxygen atoms in total. The van der Waals surface area contributed by atoms with E-state index in [0.717, 1.165) is 6.07 Å². The smallest absolute Gasteiger partial charge is 0.306 e. The fourth-order valence-corrected chi connectivity index (χ4v) is 1.88. The van der Waals surface area contributed by atoms with Gasteiger partial charge >= 0.3 is 6.18 Å². The number of likely N-dealkylation sites (N-methyl/N-ethyl adjacent to an activating group) is 1. The van der Waals surface area contributed by atoms with E-state index in [2.05, 4.69) is 21.2 Å². The summed E-state index contributed by atoms with van der Waals surface area (Å²) in [6, 6.07) is 2.27. The van der Waals surface area contributed by atoms with Gasteiger partial charge in [-0.3, -0.25) is 0 Å². The SMILES string of the molecule is CCNC(Cc1ccc(F)c(Br)c1)C(F)(F)F. The van der Waals surface area contributed by atoms with Gasteiger partial charge < -0.3 is 5.32 Å². The Morgan fingerprint density at radius 3 is 2.47 bits per heavy atom. The van der Waals surface area contributed by atoms with Gasteiger partial charge in [-0.05, 0) is 46.6 Å². The molecule has 0 radical (unpaired) electrons. The average molecular weight is 314 g/mol. The molecule has 0 heterocycles. The number of benzene rings is 1. The maximum absolute atomic E-state index is 12.9. The van der Waals surface area contributed by atoms with Gasteiger partial charge in [0, 0.05) is 0 Å². The lowest BCUT2D eigenvalue weighted by Crippen LogP contribution is -2.43. The highest BCUT2D eigenvalue weighted by Gasteiger charge is 2.38. The molecule has 96 valence electrons. The predicted octanol–water partition coefficient (Wildman–Crippen LogP) is 3.67. The van der Waals surface area contributed by atoms with Crippen molar-refractivity contribution >= 4 is 15.9 Å². The molecule has 1 atom stereocenters. The summed E-state index contributed by atoms with van der Waals surface area (Å²) in [4.78, 5) is 0. The van der Waals surface area contributed by atoms with Gasteiger partial charge in [0.25, 0.3) is 0 Å². The van der Waals surface area contributed by atoms with Crippen LogP contribution in [0.1, 0.15) is 12.5 Å². The maximum atomic E-state index is 12.9. The highest BCUT2D eigenvalue weighted by molar-refractivity contribution is 9.10. The molecule has 0 saturated carbocycles. The van der Waals surface area contributed by atoms with Gasteiger partial charge in [0.05, 0.1) is 4.47 Å². The van der Waals surface area contributed by atoms with E-state index in [9.17, 15) is 17.6 Å². The van der Waals surface area contributed by atoms with Crippen molar-refractivity contribution in [3.05, 3.63) is 34.1 Å². The minimum Gasteiger partial charge on any atom is -0.306 e. The zero-order valence-electron chi connectivity index (χ0n) is 9.11.